The third-order valence-corrected chi connectivity index (χ3v) is 2.63. The summed E-state index contributed by atoms with van der Waals surface area (Å²) in [7, 11) is 3.63. The number of aromatic nitrogens is 3. The lowest BCUT2D eigenvalue weighted by Crippen LogP contribution is -2.29. The zero-order valence-electron chi connectivity index (χ0n) is 10.7. The second-order valence-corrected chi connectivity index (χ2v) is 4.55. The highest BCUT2D eigenvalue weighted by Gasteiger charge is 2.14. The highest BCUT2D eigenvalue weighted by Crippen LogP contribution is 2.11. The van der Waals surface area contributed by atoms with Crippen LogP contribution in [0.1, 0.15) is 26.1 Å². The lowest BCUT2D eigenvalue weighted by atomic mass is 10.1. The smallest absolute Gasteiger partial charge is 0.151 e. The van der Waals surface area contributed by atoms with Gasteiger partial charge in [-0.1, -0.05) is 0 Å². The fourth-order valence-corrected chi connectivity index (χ4v) is 1.32. The van der Waals surface area contributed by atoms with Gasteiger partial charge in [0.1, 0.15) is 6.33 Å². The molecule has 0 unspecified atom stereocenters. The summed E-state index contributed by atoms with van der Waals surface area (Å²) < 4.78 is 7.06. The van der Waals surface area contributed by atoms with Gasteiger partial charge in [-0.15, -0.1) is 0 Å². The third-order valence-electron chi connectivity index (χ3n) is 2.63. The van der Waals surface area contributed by atoms with Gasteiger partial charge in [0, 0.05) is 27.1 Å². The van der Waals surface area contributed by atoms with Gasteiger partial charge in [0.05, 0.1) is 5.60 Å². The van der Waals surface area contributed by atoms with E-state index >= 15 is 0 Å². The van der Waals surface area contributed by atoms with E-state index in [-0.39, 0.29) is 5.60 Å². The van der Waals surface area contributed by atoms with Gasteiger partial charge >= 0.3 is 0 Å². The van der Waals surface area contributed by atoms with Crippen LogP contribution in [0.25, 0.3) is 0 Å². The van der Waals surface area contributed by atoms with E-state index in [0.29, 0.717) is 0 Å². The summed E-state index contributed by atoms with van der Waals surface area (Å²) in [4.78, 5) is 4.17. The van der Waals surface area contributed by atoms with Gasteiger partial charge in [-0.2, -0.15) is 5.10 Å². The summed E-state index contributed by atoms with van der Waals surface area (Å²) in [5.41, 5.74) is -0.0454. The van der Waals surface area contributed by atoms with Crippen molar-refractivity contribution < 1.29 is 4.74 Å². The molecule has 5 heteroatoms. The van der Waals surface area contributed by atoms with E-state index in [2.05, 4.69) is 29.2 Å². The molecule has 92 valence electrons. The van der Waals surface area contributed by atoms with Crippen LogP contribution in [0.3, 0.4) is 0 Å². The maximum absolute atomic E-state index is 5.34. The summed E-state index contributed by atoms with van der Waals surface area (Å²) in [5.74, 6) is 0.890. The van der Waals surface area contributed by atoms with Crippen LogP contribution in [0.5, 0.6) is 0 Å². The molecule has 0 spiro atoms. The molecule has 0 saturated carbocycles. The van der Waals surface area contributed by atoms with Crippen LogP contribution in [-0.2, 0) is 18.2 Å². The molecule has 1 rings (SSSR count). The highest BCUT2D eigenvalue weighted by molar-refractivity contribution is 4.82. The Morgan fingerprint density at radius 2 is 2.19 bits per heavy atom. The van der Waals surface area contributed by atoms with Crippen molar-refractivity contribution in [2.45, 2.75) is 32.3 Å². The largest absolute Gasteiger partial charge is 0.379 e. The highest BCUT2D eigenvalue weighted by atomic mass is 16.5. The van der Waals surface area contributed by atoms with E-state index in [1.165, 1.54) is 0 Å². The van der Waals surface area contributed by atoms with E-state index in [1.807, 2.05) is 7.05 Å². The van der Waals surface area contributed by atoms with Gasteiger partial charge in [-0.05, 0) is 26.8 Å². The molecule has 0 aliphatic rings. The second-order valence-electron chi connectivity index (χ2n) is 4.55. The predicted molar refractivity (Wildman–Crippen MR) is 63.3 cm³/mol. The summed E-state index contributed by atoms with van der Waals surface area (Å²) in [6.07, 6.45) is 3.59. The quantitative estimate of drug-likeness (QED) is 0.697. The van der Waals surface area contributed by atoms with E-state index in [4.69, 9.17) is 4.74 Å². The van der Waals surface area contributed by atoms with Crippen molar-refractivity contribution in [3.8, 4) is 0 Å². The normalized spacial score (nSPS) is 12.0. The molecule has 0 radical (unpaired) electrons. The Balaban J connectivity index is 2.08. The monoisotopic (exact) mass is 226 g/mol. The van der Waals surface area contributed by atoms with Gasteiger partial charge in [-0.3, -0.25) is 4.68 Å². The first-order valence-electron chi connectivity index (χ1n) is 5.64. The first-order valence-corrected chi connectivity index (χ1v) is 5.64. The molecule has 0 aliphatic carbocycles. The van der Waals surface area contributed by atoms with Crippen molar-refractivity contribution >= 4 is 0 Å². The van der Waals surface area contributed by atoms with Gasteiger partial charge < -0.3 is 10.1 Å². The van der Waals surface area contributed by atoms with E-state index < -0.39 is 0 Å². The molecule has 0 bridgehead atoms. The zero-order valence-corrected chi connectivity index (χ0v) is 10.7. The number of rotatable bonds is 7. The van der Waals surface area contributed by atoms with Crippen LogP contribution in [-0.4, -0.2) is 40.6 Å². The maximum atomic E-state index is 5.34. The van der Waals surface area contributed by atoms with Crippen LogP contribution in [0.2, 0.25) is 0 Å². The van der Waals surface area contributed by atoms with Crippen molar-refractivity contribution in [1.82, 2.24) is 20.1 Å². The van der Waals surface area contributed by atoms with E-state index in [1.54, 1.807) is 18.1 Å². The van der Waals surface area contributed by atoms with Crippen LogP contribution in [0, 0.1) is 0 Å². The number of aryl methyl sites for hydroxylation is 1. The van der Waals surface area contributed by atoms with Gasteiger partial charge in [0.15, 0.2) is 5.82 Å². The molecular weight excluding hydrogens is 204 g/mol. The number of hydrogen-bond acceptors (Lipinski definition) is 4. The van der Waals surface area contributed by atoms with Crippen molar-refractivity contribution in [1.29, 1.82) is 0 Å². The molecule has 16 heavy (non-hydrogen) atoms. The zero-order chi connectivity index (χ0) is 12.0. The fourth-order valence-electron chi connectivity index (χ4n) is 1.32. The minimum Gasteiger partial charge on any atom is -0.379 e. The molecular formula is C11H22N4O. The second kappa shape index (κ2) is 5.96. The lowest BCUT2D eigenvalue weighted by molar-refractivity contribution is 0.0159. The molecule has 0 fully saturated rings. The molecule has 0 atom stereocenters. The molecule has 0 saturated heterocycles. The Bertz CT molecular complexity index is 309. The van der Waals surface area contributed by atoms with Crippen LogP contribution in [0.4, 0.5) is 0 Å². The van der Waals surface area contributed by atoms with E-state index in [9.17, 15) is 0 Å². The van der Waals surface area contributed by atoms with Crippen molar-refractivity contribution in [2.75, 3.05) is 20.2 Å². The van der Waals surface area contributed by atoms with Gasteiger partial charge in [-0.25, -0.2) is 4.98 Å². The first kappa shape index (κ1) is 13.1. The predicted octanol–water partition coefficient (Wildman–Crippen LogP) is 0.762. The van der Waals surface area contributed by atoms with Gasteiger partial charge in [0.25, 0.3) is 0 Å². The number of methoxy groups -OCH3 is 1. The Morgan fingerprint density at radius 1 is 1.44 bits per heavy atom. The van der Waals surface area contributed by atoms with Gasteiger partial charge in [0.2, 0.25) is 0 Å². The van der Waals surface area contributed by atoms with Crippen LogP contribution >= 0.6 is 0 Å². The fraction of sp³-hybridized carbons (Fsp3) is 0.818. The SMILES string of the molecule is COC(C)(C)CCNCCc1ncn(C)n1. The number of nitrogens with one attached hydrogen (secondary N) is 1. The molecule has 5 nitrogen and oxygen atoms in total. The minimum absolute atomic E-state index is 0.0454. The summed E-state index contributed by atoms with van der Waals surface area (Å²) >= 11 is 0. The molecule has 1 heterocycles. The Kier molecular flexibility index (Phi) is 4.89. The molecule has 0 aliphatic heterocycles. The number of nitrogens with zero attached hydrogens (tertiary/aromatic N) is 3. The Labute approximate surface area is 97.2 Å². The van der Waals surface area contributed by atoms with E-state index in [0.717, 1.165) is 31.8 Å². The minimum atomic E-state index is -0.0454. The molecule has 1 N–H and O–H groups in total. The summed E-state index contributed by atoms with van der Waals surface area (Å²) in [6.45, 7) is 6.04. The summed E-state index contributed by atoms with van der Waals surface area (Å²) in [5, 5.41) is 7.58. The lowest BCUT2D eigenvalue weighted by Gasteiger charge is -2.22. The van der Waals surface area contributed by atoms with Crippen LogP contribution in [0.15, 0.2) is 6.33 Å². The maximum Gasteiger partial charge on any atom is 0.151 e. The third kappa shape index (κ3) is 4.72. The Morgan fingerprint density at radius 3 is 2.75 bits per heavy atom. The topological polar surface area (TPSA) is 52.0 Å². The standard InChI is InChI=1S/C11H22N4O/c1-11(2,16-4)6-8-12-7-5-10-13-9-15(3)14-10/h9,12H,5-8H2,1-4H3. The summed E-state index contributed by atoms with van der Waals surface area (Å²) in [6, 6.07) is 0. The number of hydrogen-bond donors (Lipinski definition) is 1. The van der Waals surface area contributed by atoms with Crippen LogP contribution < -0.4 is 5.32 Å². The molecule has 0 amide bonds. The molecule has 0 aromatic carbocycles. The molecule has 1 aromatic rings. The first-order chi connectivity index (χ1) is 7.53. The molecule has 1 aromatic heterocycles. The van der Waals surface area contributed by atoms with Crippen molar-refractivity contribution in [3.63, 3.8) is 0 Å². The van der Waals surface area contributed by atoms with Crippen molar-refractivity contribution in [2.24, 2.45) is 7.05 Å². The average molecular weight is 226 g/mol. The number of ether oxygens (including phenoxy) is 1. The average Bonchev–Trinajstić information content (AvgIpc) is 2.64. The van der Waals surface area contributed by atoms with Crippen molar-refractivity contribution in [3.05, 3.63) is 12.2 Å². The Hall–Kier alpha value is -0.940.